The molecule has 1 aliphatic rings. The van der Waals surface area contributed by atoms with Gasteiger partial charge >= 0.3 is 0 Å². The Kier molecular flexibility index (Phi) is 3.53. The molecule has 2 N–H and O–H groups in total. The molecule has 0 aromatic carbocycles. The maximum atomic E-state index is 6.34. The summed E-state index contributed by atoms with van der Waals surface area (Å²) in [5.41, 5.74) is 6.42. The van der Waals surface area contributed by atoms with Crippen LogP contribution in [0.4, 0.5) is 0 Å². The molecule has 1 fully saturated rings. The molecular weight excluding hydrogens is 150 g/mol. The van der Waals surface area contributed by atoms with E-state index < -0.39 is 0 Å². The summed E-state index contributed by atoms with van der Waals surface area (Å²) in [4.78, 5) is 0. The van der Waals surface area contributed by atoms with Crippen molar-refractivity contribution in [2.75, 3.05) is 13.2 Å². The van der Waals surface area contributed by atoms with Gasteiger partial charge in [0.2, 0.25) is 0 Å². The van der Waals surface area contributed by atoms with Crippen molar-refractivity contribution in [3.05, 3.63) is 0 Å². The maximum Gasteiger partial charge on any atom is 0.0483 e. The summed E-state index contributed by atoms with van der Waals surface area (Å²) in [6.07, 6.45) is 4.48. The molecule has 72 valence electrons. The lowest BCUT2D eigenvalue weighted by Gasteiger charge is -2.39. The highest BCUT2D eigenvalue weighted by molar-refractivity contribution is 4.91. The van der Waals surface area contributed by atoms with Gasteiger partial charge in [-0.15, -0.1) is 0 Å². The third kappa shape index (κ3) is 1.99. The highest BCUT2D eigenvalue weighted by atomic mass is 16.5. The highest BCUT2D eigenvalue weighted by Crippen LogP contribution is 2.30. The molecule has 2 nitrogen and oxygen atoms in total. The van der Waals surface area contributed by atoms with Gasteiger partial charge in [-0.3, -0.25) is 0 Å². The Morgan fingerprint density at radius 3 is 2.17 bits per heavy atom. The lowest BCUT2D eigenvalue weighted by Crippen LogP contribution is -2.50. The fraction of sp³-hybridized carbons (Fsp3) is 1.00. The first-order valence-corrected chi connectivity index (χ1v) is 5.09. The molecule has 0 aliphatic carbocycles. The second-order valence-corrected chi connectivity index (χ2v) is 3.86. The molecule has 1 aliphatic heterocycles. The van der Waals surface area contributed by atoms with E-state index in [1.807, 2.05) is 0 Å². The average molecular weight is 171 g/mol. The van der Waals surface area contributed by atoms with Crippen LogP contribution in [0.3, 0.4) is 0 Å². The fourth-order valence-electron chi connectivity index (χ4n) is 2.26. The van der Waals surface area contributed by atoms with Crippen LogP contribution in [0.2, 0.25) is 0 Å². The molecule has 0 unspecified atom stereocenters. The van der Waals surface area contributed by atoms with Crippen LogP contribution in [0, 0.1) is 5.92 Å². The Hall–Kier alpha value is -0.0800. The van der Waals surface area contributed by atoms with Gasteiger partial charge in [0.05, 0.1) is 0 Å². The van der Waals surface area contributed by atoms with Crippen molar-refractivity contribution in [3.63, 3.8) is 0 Å². The molecule has 0 radical (unpaired) electrons. The molecule has 0 aromatic heterocycles. The predicted molar refractivity (Wildman–Crippen MR) is 51.0 cm³/mol. The molecule has 1 heterocycles. The predicted octanol–water partition coefficient (Wildman–Crippen LogP) is 1.93. The van der Waals surface area contributed by atoms with Crippen LogP contribution in [-0.2, 0) is 4.74 Å². The zero-order valence-corrected chi connectivity index (χ0v) is 8.31. The smallest absolute Gasteiger partial charge is 0.0483 e. The third-order valence-corrected chi connectivity index (χ3v) is 3.22. The van der Waals surface area contributed by atoms with Gasteiger partial charge < -0.3 is 10.5 Å². The van der Waals surface area contributed by atoms with E-state index >= 15 is 0 Å². The van der Waals surface area contributed by atoms with E-state index in [4.69, 9.17) is 10.5 Å². The van der Waals surface area contributed by atoms with Gasteiger partial charge in [0.15, 0.2) is 0 Å². The Bertz CT molecular complexity index is 126. The van der Waals surface area contributed by atoms with Crippen LogP contribution >= 0.6 is 0 Å². The van der Waals surface area contributed by atoms with Gasteiger partial charge in [0.1, 0.15) is 0 Å². The second kappa shape index (κ2) is 4.24. The summed E-state index contributed by atoms with van der Waals surface area (Å²) in [6.45, 7) is 6.18. The zero-order valence-electron chi connectivity index (χ0n) is 8.31. The van der Waals surface area contributed by atoms with Crippen molar-refractivity contribution < 1.29 is 4.74 Å². The van der Waals surface area contributed by atoms with Crippen molar-refractivity contribution >= 4 is 0 Å². The van der Waals surface area contributed by atoms with E-state index in [1.165, 1.54) is 12.8 Å². The quantitative estimate of drug-likeness (QED) is 0.704. The molecule has 12 heavy (non-hydrogen) atoms. The van der Waals surface area contributed by atoms with E-state index in [2.05, 4.69) is 13.8 Å². The minimum Gasteiger partial charge on any atom is -0.381 e. The topological polar surface area (TPSA) is 35.2 Å². The minimum absolute atomic E-state index is 0.0712. The van der Waals surface area contributed by atoms with Crippen LogP contribution in [0.15, 0.2) is 0 Å². The van der Waals surface area contributed by atoms with Crippen LogP contribution in [0.1, 0.15) is 39.5 Å². The summed E-state index contributed by atoms with van der Waals surface area (Å²) >= 11 is 0. The monoisotopic (exact) mass is 171 g/mol. The normalized spacial score (nSPS) is 23.0. The number of ether oxygens (including phenoxy) is 1. The average Bonchev–Trinajstić information content (AvgIpc) is 2.07. The van der Waals surface area contributed by atoms with E-state index in [1.54, 1.807) is 0 Å². The van der Waals surface area contributed by atoms with E-state index in [0.717, 1.165) is 26.1 Å². The number of hydrogen-bond donors (Lipinski definition) is 1. The zero-order chi connectivity index (χ0) is 9.03. The van der Waals surface area contributed by atoms with Gasteiger partial charge in [-0.2, -0.15) is 0 Å². The van der Waals surface area contributed by atoms with Gasteiger partial charge in [-0.25, -0.2) is 0 Å². The standard InChI is InChI=1S/C10H21NO/c1-3-9(4-2)10(11)5-7-12-8-6-10/h9H,3-8,11H2,1-2H3. The van der Waals surface area contributed by atoms with Crippen molar-refractivity contribution in [1.82, 2.24) is 0 Å². The summed E-state index contributed by atoms with van der Waals surface area (Å²) in [5, 5.41) is 0. The van der Waals surface area contributed by atoms with Gasteiger partial charge in [-0.1, -0.05) is 26.7 Å². The lowest BCUT2D eigenvalue weighted by atomic mass is 9.76. The largest absolute Gasteiger partial charge is 0.381 e. The lowest BCUT2D eigenvalue weighted by molar-refractivity contribution is 0.0281. The van der Waals surface area contributed by atoms with Crippen LogP contribution in [0.5, 0.6) is 0 Å². The van der Waals surface area contributed by atoms with Crippen LogP contribution in [0.25, 0.3) is 0 Å². The summed E-state index contributed by atoms with van der Waals surface area (Å²) in [6, 6.07) is 0. The maximum absolute atomic E-state index is 6.34. The van der Waals surface area contributed by atoms with Gasteiger partial charge in [0, 0.05) is 18.8 Å². The molecule has 1 saturated heterocycles. The van der Waals surface area contributed by atoms with Crippen molar-refractivity contribution in [3.8, 4) is 0 Å². The Morgan fingerprint density at radius 1 is 1.25 bits per heavy atom. The van der Waals surface area contributed by atoms with Crippen molar-refractivity contribution in [2.24, 2.45) is 11.7 Å². The minimum atomic E-state index is 0.0712. The highest BCUT2D eigenvalue weighted by Gasteiger charge is 2.34. The molecule has 0 spiro atoms. The summed E-state index contributed by atoms with van der Waals surface area (Å²) in [7, 11) is 0. The van der Waals surface area contributed by atoms with Gasteiger partial charge in [0.25, 0.3) is 0 Å². The molecule has 0 amide bonds. The van der Waals surface area contributed by atoms with E-state index in [-0.39, 0.29) is 5.54 Å². The molecule has 2 heteroatoms. The molecule has 1 rings (SSSR count). The Balaban J connectivity index is 2.53. The molecule has 0 atom stereocenters. The summed E-state index contributed by atoms with van der Waals surface area (Å²) in [5.74, 6) is 0.682. The van der Waals surface area contributed by atoms with Crippen LogP contribution in [-0.4, -0.2) is 18.8 Å². The van der Waals surface area contributed by atoms with Crippen molar-refractivity contribution in [1.29, 1.82) is 0 Å². The number of nitrogens with two attached hydrogens (primary N) is 1. The first kappa shape index (κ1) is 10.0. The van der Waals surface area contributed by atoms with E-state index in [0.29, 0.717) is 5.92 Å². The molecule has 0 bridgehead atoms. The molecular formula is C10H21NO. The fourth-order valence-corrected chi connectivity index (χ4v) is 2.26. The Morgan fingerprint density at radius 2 is 1.75 bits per heavy atom. The second-order valence-electron chi connectivity index (χ2n) is 3.86. The van der Waals surface area contributed by atoms with Crippen LogP contribution < -0.4 is 5.73 Å². The van der Waals surface area contributed by atoms with Crippen molar-refractivity contribution in [2.45, 2.75) is 45.1 Å². The number of hydrogen-bond acceptors (Lipinski definition) is 2. The Labute approximate surface area is 75.5 Å². The third-order valence-electron chi connectivity index (χ3n) is 3.22. The van der Waals surface area contributed by atoms with Gasteiger partial charge in [-0.05, 0) is 18.8 Å². The first-order valence-electron chi connectivity index (χ1n) is 5.09. The first-order chi connectivity index (χ1) is 5.73. The summed E-state index contributed by atoms with van der Waals surface area (Å²) < 4.78 is 5.32. The number of rotatable bonds is 3. The molecule has 0 saturated carbocycles. The SMILES string of the molecule is CCC(CC)C1(N)CCOCC1. The molecule has 0 aromatic rings. The van der Waals surface area contributed by atoms with E-state index in [9.17, 15) is 0 Å².